The zero-order valence-corrected chi connectivity index (χ0v) is 21.6. The van der Waals surface area contributed by atoms with Crippen LogP contribution in [0.15, 0.2) is 12.2 Å². The van der Waals surface area contributed by atoms with E-state index in [1.807, 2.05) is 12.2 Å². The van der Waals surface area contributed by atoms with E-state index >= 15 is 0 Å². The van der Waals surface area contributed by atoms with Gasteiger partial charge in [0.15, 0.2) is 0 Å². The fourth-order valence-electron chi connectivity index (χ4n) is 5.28. The summed E-state index contributed by atoms with van der Waals surface area (Å²) >= 11 is 0. The Morgan fingerprint density at radius 3 is 0.769 bits per heavy atom. The third kappa shape index (κ3) is 5.40. The van der Waals surface area contributed by atoms with Crippen molar-refractivity contribution < 1.29 is 0 Å². The van der Waals surface area contributed by atoms with Crippen LogP contribution in [0, 0.1) is 22.9 Å². The Bertz CT molecular complexity index is 473. The summed E-state index contributed by atoms with van der Waals surface area (Å²) in [5, 5.41) is 0. The fraction of sp³-hybridized carbons (Fsp3) is 0.750. The zero-order valence-electron chi connectivity index (χ0n) is 19.6. The second-order valence-electron chi connectivity index (χ2n) is 9.67. The predicted molar refractivity (Wildman–Crippen MR) is 127 cm³/mol. The van der Waals surface area contributed by atoms with Gasteiger partial charge in [0.1, 0.15) is 16.1 Å². The molecule has 0 radical (unpaired) electrons. The topological polar surface area (TPSA) is 0 Å². The molecule has 0 aromatic rings. The van der Waals surface area contributed by atoms with Gasteiger partial charge in [-0.05, 0) is 45.4 Å². The van der Waals surface area contributed by atoms with Gasteiger partial charge < -0.3 is 0 Å². The van der Waals surface area contributed by atoms with Crippen molar-refractivity contribution in [1.29, 1.82) is 0 Å². The highest BCUT2D eigenvalue weighted by atomic mass is 28.3. The van der Waals surface area contributed by atoms with Crippen LogP contribution in [0.3, 0.4) is 0 Å². The van der Waals surface area contributed by atoms with Crippen LogP contribution in [0.5, 0.6) is 0 Å². The van der Waals surface area contributed by atoms with Crippen molar-refractivity contribution in [3.63, 3.8) is 0 Å². The molecule has 0 bridgehead atoms. The molecular formula is C24H44Si2. The molecule has 0 nitrogen and oxygen atoms in total. The Labute approximate surface area is 167 Å². The molecule has 0 fully saturated rings. The van der Waals surface area contributed by atoms with Gasteiger partial charge in [0, 0.05) is 0 Å². The molecule has 0 amide bonds. The van der Waals surface area contributed by atoms with Crippen molar-refractivity contribution in [2.75, 3.05) is 0 Å². The third-order valence-corrected chi connectivity index (χ3v) is 19.2. The van der Waals surface area contributed by atoms with Gasteiger partial charge in [0.05, 0.1) is 0 Å². The average molecular weight is 389 g/mol. The minimum Gasteiger partial charge on any atom is -0.126 e. The quantitative estimate of drug-likeness (QED) is 0.319. The zero-order chi connectivity index (χ0) is 20.7. The van der Waals surface area contributed by atoms with Crippen molar-refractivity contribution >= 4 is 16.1 Å². The Morgan fingerprint density at radius 1 is 0.423 bits per heavy atom. The lowest BCUT2D eigenvalue weighted by atomic mass is 10.5. The number of rotatable bonds is 6. The van der Waals surface area contributed by atoms with Crippen LogP contribution in [0.2, 0.25) is 33.2 Å². The second kappa shape index (κ2) is 10.6. The lowest BCUT2D eigenvalue weighted by Gasteiger charge is -2.38. The summed E-state index contributed by atoms with van der Waals surface area (Å²) in [5.74, 6) is 6.78. The number of allylic oxidation sites excluding steroid dienone is 2. The van der Waals surface area contributed by atoms with E-state index in [0.29, 0.717) is 33.2 Å². The molecule has 26 heavy (non-hydrogen) atoms. The molecule has 2 heteroatoms. The molecule has 148 valence electrons. The molecule has 0 aliphatic rings. The van der Waals surface area contributed by atoms with E-state index in [1.165, 1.54) is 0 Å². The Hall–Kier alpha value is -0.706. The first-order chi connectivity index (χ1) is 11.9. The Kier molecular flexibility index (Phi) is 10.3. The molecular weight excluding hydrogens is 344 g/mol. The molecule has 0 spiro atoms. The summed E-state index contributed by atoms with van der Waals surface area (Å²) in [4.78, 5) is 0. The molecule has 0 aromatic heterocycles. The molecule has 0 aliphatic carbocycles. The van der Waals surface area contributed by atoms with Crippen molar-refractivity contribution in [2.24, 2.45) is 0 Å². The van der Waals surface area contributed by atoms with E-state index in [0.717, 1.165) is 0 Å². The first-order valence-corrected chi connectivity index (χ1v) is 15.0. The van der Waals surface area contributed by atoms with E-state index in [9.17, 15) is 0 Å². The van der Waals surface area contributed by atoms with Gasteiger partial charge in [-0.15, -0.1) is 11.1 Å². The summed E-state index contributed by atoms with van der Waals surface area (Å²) in [5.41, 5.74) is 11.6. The molecule has 0 atom stereocenters. The molecule has 0 saturated carbocycles. The average Bonchev–Trinajstić information content (AvgIpc) is 2.47. The van der Waals surface area contributed by atoms with Gasteiger partial charge >= 0.3 is 0 Å². The molecule has 0 aliphatic heterocycles. The summed E-state index contributed by atoms with van der Waals surface area (Å²) in [6.45, 7) is 28.3. The molecule has 0 rings (SSSR count). The summed E-state index contributed by atoms with van der Waals surface area (Å²) < 4.78 is 0. The molecule has 0 heterocycles. The van der Waals surface area contributed by atoms with Crippen LogP contribution in [0.4, 0.5) is 0 Å². The van der Waals surface area contributed by atoms with E-state index < -0.39 is 16.1 Å². The largest absolute Gasteiger partial charge is 0.146 e. The fourth-order valence-corrected chi connectivity index (χ4v) is 15.7. The molecule has 0 N–H and O–H groups in total. The minimum absolute atomic E-state index is 0.678. The third-order valence-electron chi connectivity index (χ3n) is 6.56. The number of hydrogen-bond donors (Lipinski definition) is 0. The first-order valence-electron chi connectivity index (χ1n) is 10.6. The number of hydrogen-bond acceptors (Lipinski definition) is 0. The van der Waals surface area contributed by atoms with Crippen LogP contribution in [0.1, 0.15) is 83.1 Å². The monoisotopic (exact) mass is 388 g/mol. The van der Waals surface area contributed by atoms with E-state index in [4.69, 9.17) is 0 Å². The maximum absolute atomic E-state index is 3.74. The van der Waals surface area contributed by atoms with Crippen LogP contribution >= 0.6 is 0 Å². The van der Waals surface area contributed by atoms with Gasteiger partial charge in [-0.2, -0.15) is 0 Å². The lowest BCUT2D eigenvalue weighted by molar-refractivity contribution is 0.838. The van der Waals surface area contributed by atoms with Gasteiger partial charge in [-0.1, -0.05) is 94.9 Å². The highest BCUT2D eigenvalue weighted by molar-refractivity contribution is 6.91. The lowest BCUT2D eigenvalue weighted by Crippen LogP contribution is -2.43. The Balaban J connectivity index is 5.67. The SMILES string of the molecule is CC(C)[Si](C#C/C=C\C#C[Si](C(C)C)(C(C)C)C(C)C)(C(C)C)C(C)C. The Morgan fingerprint density at radius 2 is 0.615 bits per heavy atom. The normalized spacial score (nSPS) is 13.2. The maximum Gasteiger partial charge on any atom is 0.146 e. The summed E-state index contributed by atoms with van der Waals surface area (Å²) in [6.07, 6.45) is 4.00. The predicted octanol–water partition coefficient (Wildman–Crippen LogP) is 7.99. The molecule has 0 aromatic carbocycles. The van der Waals surface area contributed by atoms with E-state index in [2.05, 4.69) is 106 Å². The van der Waals surface area contributed by atoms with Crippen molar-refractivity contribution in [3.05, 3.63) is 12.2 Å². The van der Waals surface area contributed by atoms with Crippen molar-refractivity contribution in [3.8, 4) is 22.9 Å². The highest BCUT2D eigenvalue weighted by Gasteiger charge is 2.42. The van der Waals surface area contributed by atoms with Crippen LogP contribution in [-0.4, -0.2) is 16.1 Å². The van der Waals surface area contributed by atoms with E-state index in [-0.39, 0.29) is 0 Å². The molecule has 0 unspecified atom stereocenters. The minimum atomic E-state index is -1.63. The highest BCUT2D eigenvalue weighted by Crippen LogP contribution is 2.41. The van der Waals surface area contributed by atoms with Crippen molar-refractivity contribution in [2.45, 2.75) is 116 Å². The summed E-state index contributed by atoms with van der Waals surface area (Å²) in [7, 11) is -3.26. The van der Waals surface area contributed by atoms with Crippen LogP contribution < -0.4 is 0 Å². The maximum atomic E-state index is 3.74. The van der Waals surface area contributed by atoms with Crippen LogP contribution in [0.25, 0.3) is 0 Å². The standard InChI is InChI=1S/C24H44Si2/c1-19(2)25(20(3)4,21(5)6)17-15-13-14-16-18-26(22(7)8,23(9)10)24(11)12/h13-14,19-24H,1-12H3/b14-13-. The second-order valence-corrected chi connectivity index (χ2v) is 20.8. The molecule has 0 saturated heterocycles. The summed E-state index contributed by atoms with van der Waals surface area (Å²) in [6, 6.07) is 0. The van der Waals surface area contributed by atoms with E-state index in [1.54, 1.807) is 0 Å². The van der Waals surface area contributed by atoms with Crippen molar-refractivity contribution in [1.82, 2.24) is 0 Å². The van der Waals surface area contributed by atoms with Gasteiger partial charge in [-0.25, -0.2) is 0 Å². The van der Waals surface area contributed by atoms with Gasteiger partial charge in [0.25, 0.3) is 0 Å². The smallest absolute Gasteiger partial charge is 0.126 e. The van der Waals surface area contributed by atoms with Gasteiger partial charge in [-0.3, -0.25) is 0 Å². The first kappa shape index (κ1) is 25.3. The van der Waals surface area contributed by atoms with Gasteiger partial charge in [0.2, 0.25) is 0 Å². The van der Waals surface area contributed by atoms with Crippen LogP contribution in [-0.2, 0) is 0 Å².